The van der Waals surface area contributed by atoms with Gasteiger partial charge in [0.15, 0.2) is 0 Å². The van der Waals surface area contributed by atoms with E-state index in [2.05, 4.69) is 18.2 Å². The summed E-state index contributed by atoms with van der Waals surface area (Å²) in [5.41, 5.74) is 3.25. The maximum absolute atomic E-state index is 10.8. The van der Waals surface area contributed by atoms with Gasteiger partial charge in [-0.15, -0.1) is 0 Å². The van der Waals surface area contributed by atoms with E-state index in [0.717, 1.165) is 16.7 Å². The Kier molecular flexibility index (Phi) is 3.03. The third-order valence-electron chi connectivity index (χ3n) is 3.25. The van der Waals surface area contributed by atoms with Crippen LogP contribution in [0.3, 0.4) is 0 Å². The van der Waals surface area contributed by atoms with E-state index in [0.29, 0.717) is 0 Å². The summed E-state index contributed by atoms with van der Waals surface area (Å²) in [6.07, 6.45) is 0. The summed E-state index contributed by atoms with van der Waals surface area (Å²) >= 11 is 0. The average Bonchev–Trinajstić information content (AvgIpc) is 2.33. The van der Waals surface area contributed by atoms with Crippen LogP contribution in [0.2, 0.25) is 0 Å². The summed E-state index contributed by atoms with van der Waals surface area (Å²) < 4.78 is 0. The minimum Gasteiger partial charge on any atom is -0.381 e. The summed E-state index contributed by atoms with van der Waals surface area (Å²) in [6, 6.07) is 16.0. The van der Waals surface area contributed by atoms with Gasteiger partial charge in [-0.2, -0.15) is 0 Å². The molecule has 0 saturated carbocycles. The quantitative estimate of drug-likeness (QED) is 0.830. The molecule has 0 aliphatic rings. The zero-order valence-corrected chi connectivity index (χ0v) is 10.6. The first kappa shape index (κ1) is 11.9. The number of aryl methyl sites for hydroxylation is 2. The maximum Gasteiger partial charge on any atom is 0.112 e. The lowest BCUT2D eigenvalue weighted by Gasteiger charge is -2.26. The number of hydrogen-bond acceptors (Lipinski definition) is 1. The van der Waals surface area contributed by atoms with E-state index in [1.165, 1.54) is 5.56 Å². The molecule has 0 unspecified atom stereocenters. The van der Waals surface area contributed by atoms with Gasteiger partial charge in [0.05, 0.1) is 0 Å². The SMILES string of the molecule is Cc1ccc(C)c([C@](C)(O)c2ccccc2)c1. The van der Waals surface area contributed by atoms with Crippen molar-refractivity contribution in [2.45, 2.75) is 26.4 Å². The number of hydrogen-bond donors (Lipinski definition) is 1. The van der Waals surface area contributed by atoms with E-state index in [9.17, 15) is 5.11 Å². The van der Waals surface area contributed by atoms with Crippen LogP contribution < -0.4 is 0 Å². The summed E-state index contributed by atoms with van der Waals surface area (Å²) in [6.45, 7) is 5.93. The van der Waals surface area contributed by atoms with Gasteiger partial charge in [-0.05, 0) is 37.5 Å². The van der Waals surface area contributed by atoms with Crippen LogP contribution in [0.1, 0.15) is 29.2 Å². The molecule has 1 nitrogen and oxygen atoms in total. The van der Waals surface area contributed by atoms with Crippen LogP contribution in [0, 0.1) is 13.8 Å². The molecule has 1 atom stereocenters. The van der Waals surface area contributed by atoms with E-state index in [1.807, 2.05) is 51.1 Å². The highest BCUT2D eigenvalue weighted by molar-refractivity contribution is 5.41. The van der Waals surface area contributed by atoms with E-state index in [-0.39, 0.29) is 0 Å². The summed E-state index contributed by atoms with van der Waals surface area (Å²) in [5, 5.41) is 10.8. The molecular weight excluding hydrogens is 208 g/mol. The largest absolute Gasteiger partial charge is 0.381 e. The van der Waals surface area contributed by atoms with Gasteiger partial charge in [-0.3, -0.25) is 0 Å². The molecule has 88 valence electrons. The Morgan fingerprint density at radius 1 is 0.941 bits per heavy atom. The minimum absolute atomic E-state index is 0.925. The molecule has 2 rings (SSSR count). The molecule has 0 heterocycles. The summed E-state index contributed by atoms with van der Waals surface area (Å²) in [5.74, 6) is 0. The van der Waals surface area contributed by atoms with E-state index in [4.69, 9.17) is 0 Å². The van der Waals surface area contributed by atoms with E-state index >= 15 is 0 Å². The molecule has 17 heavy (non-hydrogen) atoms. The Balaban J connectivity index is 2.55. The average molecular weight is 226 g/mol. The first-order valence-electron chi connectivity index (χ1n) is 5.87. The predicted molar refractivity (Wildman–Crippen MR) is 71.0 cm³/mol. The first-order chi connectivity index (χ1) is 8.01. The third kappa shape index (κ3) is 2.25. The van der Waals surface area contributed by atoms with Crippen molar-refractivity contribution in [3.05, 3.63) is 70.8 Å². The zero-order valence-electron chi connectivity index (χ0n) is 10.6. The monoisotopic (exact) mass is 226 g/mol. The van der Waals surface area contributed by atoms with Gasteiger partial charge in [0.1, 0.15) is 5.60 Å². The van der Waals surface area contributed by atoms with Crippen molar-refractivity contribution in [1.82, 2.24) is 0 Å². The second-order valence-electron chi connectivity index (χ2n) is 4.76. The molecular formula is C16H18O. The number of benzene rings is 2. The predicted octanol–water partition coefficient (Wildman–Crippen LogP) is 3.56. The summed E-state index contributed by atoms with van der Waals surface area (Å²) in [4.78, 5) is 0. The van der Waals surface area contributed by atoms with Crippen molar-refractivity contribution in [2.24, 2.45) is 0 Å². The van der Waals surface area contributed by atoms with Crippen LogP contribution in [0.15, 0.2) is 48.5 Å². The van der Waals surface area contributed by atoms with Crippen molar-refractivity contribution in [1.29, 1.82) is 0 Å². The van der Waals surface area contributed by atoms with Gasteiger partial charge in [0, 0.05) is 0 Å². The van der Waals surface area contributed by atoms with Gasteiger partial charge in [-0.25, -0.2) is 0 Å². The van der Waals surface area contributed by atoms with E-state index < -0.39 is 5.60 Å². The smallest absolute Gasteiger partial charge is 0.112 e. The molecule has 1 heteroatoms. The fourth-order valence-electron chi connectivity index (χ4n) is 2.18. The van der Waals surface area contributed by atoms with Gasteiger partial charge in [0.2, 0.25) is 0 Å². The Morgan fingerprint density at radius 2 is 1.59 bits per heavy atom. The molecule has 0 aromatic heterocycles. The molecule has 0 amide bonds. The van der Waals surface area contributed by atoms with Gasteiger partial charge < -0.3 is 5.11 Å². The van der Waals surface area contributed by atoms with Crippen LogP contribution in [0.5, 0.6) is 0 Å². The van der Waals surface area contributed by atoms with Crippen LogP contribution in [0.25, 0.3) is 0 Å². The molecule has 0 saturated heterocycles. The first-order valence-corrected chi connectivity index (χ1v) is 5.87. The Bertz CT molecular complexity index is 512. The highest BCUT2D eigenvalue weighted by Gasteiger charge is 2.26. The standard InChI is InChI=1S/C16H18O/c1-12-9-10-13(2)15(11-12)16(3,17)14-7-5-4-6-8-14/h4-11,17H,1-3H3/t16-/m1/s1. The van der Waals surface area contributed by atoms with Crippen molar-refractivity contribution >= 4 is 0 Å². The molecule has 2 aromatic carbocycles. The molecule has 0 aliphatic carbocycles. The molecule has 0 bridgehead atoms. The Labute approximate surface area is 103 Å². The molecule has 0 aliphatic heterocycles. The second kappa shape index (κ2) is 4.34. The fraction of sp³-hybridized carbons (Fsp3) is 0.250. The van der Waals surface area contributed by atoms with Crippen molar-refractivity contribution in [2.75, 3.05) is 0 Å². The molecule has 0 fully saturated rings. The summed E-state index contributed by atoms with van der Waals surface area (Å²) in [7, 11) is 0. The minimum atomic E-state index is -0.933. The lowest BCUT2D eigenvalue weighted by molar-refractivity contribution is 0.101. The van der Waals surface area contributed by atoms with Crippen molar-refractivity contribution < 1.29 is 5.11 Å². The molecule has 2 aromatic rings. The zero-order chi connectivity index (χ0) is 12.5. The van der Waals surface area contributed by atoms with Crippen molar-refractivity contribution in [3.63, 3.8) is 0 Å². The molecule has 0 radical (unpaired) electrons. The fourth-order valence-corrected chi connectivity index (χ4v) is 2.18. The lowest BCUT2D eigenvalue weighted by atomic mass is 9.85. The highest BCUT2D eigenvalue weighted by Crippen LogP contribution is 2.31. The van der Waals surface area contributed by atoms with Crippen LogP contribution in [-0.2, 0) is 5.60 Å². The number of aliphatic hydroxyl groups is 1. The van der Waals surface area contributed by atoms with Crippen LogP contribution in [0.4, 0.5) is 0 Å². The van der Waals surface area contributed by atoms with Crippen LogP contribution in [-0.4, -0.2) is 5.11 Å². The maximum atomic E-state index is 10.8. The molecule has 0 spiro atoms. The Hall–Kier alpha value is -1.60. The van der Waals surface area contributed by atoms with Gasteiger partial charge >= 0.3 is 0 Å². The third-order valence-corrected chi connectivity index (χ3v) is 3.25. The number of rotatable bonds is 2. The lowest BCUT2D eigenvalue weighted by Crippen LogP contribution is -2.24. The van der Waals surface area contributed by atoms with Gasteiger partial charge in [0.25, 0.3) is 0 Å². The topological polar surface area (TPSA) is 20.2 Å². The van der Waals surface area contributed by atoms with E-state index in [1.54, 1.807) is 0 Å². The normalized spacial score (nSPS) is 14.4. The highest BCUT2D eigenvalue weighted by atomic mass is 16.3. The second-order valence-corrected chi connectivity index (χ2v) is 4.76. The van der Waals surface area contributed by atoms with Crippen molar-refractivity contribution in [3.8, 4) is 0 Å². The molecule has 1 N–H and O–H groups in total. The van der Waals surface area contributed by atoms with Crippen LogP contribution >= 0.6 is 0 Å². The van der Waals surface area contributed by atoms with Gasteiger partial charge in [-0.1, -0.05) is 54.1 Å². The Morgan fingerprint density at radius 3 is 2.24 bits per heavy atom.